The van der Waals surface area contributed by atoms with Crippen LogP contribution in [-0.2, 0) is 10.8 Å². The zero-order chi connectivity index (χ0) is 41.9. The molecular formula is C53H57N2O3S2+. The average Bonchev–Trinajstić information content (AvgIpc) is 3.62. The van der Waals surface area contributed by atoms with Crippen LogP contribution in [0.3, 0.4) is 0 Å². The molecule has 5 aromatic carbocycles. The standard InChI is InChI=1S/C53H56N2O3S2/c1-52(2)47(54(32-9-11-34-59)45-28-22-38-14-5-7-18-43(38)49(45)52)30-24-40-16-13-17-41(51(40)58-42-26-20-37(36-56)21-27-42)25-31-48-53(3,4)50-44-19-8-6-15-39(44)23-29-46(50)55(48)33-10-12-35-60-57/h5-8,14-15,18-31,36H,9-13,16-17,32-35H2,1-4H3,(H-,57,59)/p+1. The highest BCUT2D eigenvalue weighted by atomic mass is 32.2. The van der Waals surface area contributed by atoms with Crippen molar-refractivity contribution in [3.05, 3.63) is 161 Å². The molecule has 7 heteroatoms. The maximum atomic E-state index is 11.6. The Morgan fingerprint density at radius 3 is 2.22 bits per heavy atom. The molecule has 8 rings (SSSR count). The van der Waals surface area contributed by atoms with E-state index in [2.05, 4.69) is 147 Å². The van der Waals surface area contributed by atoms with E-state index in [1.54, 1.807) is 0 Å². The van der Waals surface area contributed by atoms with E-state index < -0.39 is 0 Å². The van der Waals surface area contributed by atoms with Crippen LogP contribution in [0.1, 0.15) is 94.1 Å². The molecule has 2 heterocycles. The number of thiol groups is 1. The lowest BCUT2D eigenvalue weighted by Crippen LogP contribution is -2.28. The van der Waals surface area contributed by atoms with Gasteiger partial charge in [-0.3, -0.25) is 4.79 Å². The maximum Gasteiger partial charge on any atom is 0.210 e. The van der Waals surface area contributed by atoms with E-state index >= 15 is 0 Å². The summed E-state index contributed by atoms with van der Waals surface area (Å²) in [5.41, 5.74) is 10.4. The molecule has 0 amide bonds. The van der Waals surface area contributed by atoms with Crippen molar-refractivity contribution in [2.24, 2.45) is 0 Å². The van der Waals surface area contributed by atoms with E-state index in [0.29, 0.717) is 11.3 Å². The van der Waals surface area contributed by atoms with Crippen LogP contribution in [-0.4, -0.2) is 45.7 Å². The summed E-state index contributed by atoms with van der Waals surface area (Å²) in [6.07, 6.45) is 17.0. The van der Waals surface area contributed by atoms with Gasteiger partial charge in [0.1, 0.15) is 24.3 Å². The Bertz CT molecular complexity index is 2580. The van der Waals surface area contributed by atoms with Crippen molar-refractivity contribution in [1.29, 1.82) is 0 Å². The predicted octanol–water partition coefficient (Wildman–Crippen LogP) is 13.6. The van der Waals surface area contributed by atoms with Gasteiger partial charge in [0.25, 0.3) is 0 Å². The van der Waals surface area contributed by atoms with E-state index in [0.717, 1.165) is 99.2 Å². The number of rotatable bonds is 15. The first kappa shape index (κ1) is 41.9. The number of nitrogens with zero attached hydrogens (tertiary/aromatic N) is 2. The Morgan fingerprint density at radius 1 is 0.783 bits per heavy atom. The molecule has 1 N–H and O–H groups in total. The molecule has 308 valence electrons. The summed E-state index contributed by atoms with van der Waals surface area (Å²) in [7, 11) is 0. The third-order valence-corrected chi connectivity index (χ3v) is 13.5. The van der Waals surface area contributed by atoms with E-state index in [1.165, 1.54) is 61.0 Å². The van der Waals surface area contributed by atoms with Crippen molar-refractivity contribution in [3.8, 4) is 5.75 Å². The van der Waals surface area contributed by atoms with E-state index in [9.17, 15) is 9.35 Å². The number of carbonyl (C=O) groups excluding carboxylic acids is 1. The van der Waals surface area contributed by atoms with Gasteiger partial charge in [0.15, 0.2) is 5.71 Å². The maximum absolute atomic E-state index is 11.6. The number of benzene rings is 5. The fraction of sp³-hybridized carbons (Fsp3) is 0.321. The van der Waals surface area contributed by atoms with Crippen LogP contribution in [0.2, 0.25) is 0 Å². The summed E-state index contributed by atoms with van der Waals surface area (Å²) in [4.78, 5) is 14.1. The van der Waals surface area contributed by atoms with Gasteiger partial charge in [-0.25, -0.2) is 0 Å². The summed E-state index contributed by atoms with van der Waals surface area (Å²) >= 11 is 5.48. The molecule has 0 spiro atoms. The number of hydrogen-bond donors (Lipinski definition) is 2. The highest BCUT2D eigenvalue weighted by Crippen LogP contribution is 2.51. The Kier molecular flexibility index (Phi) is 12.6. The molecule has 60 heavy (non-hydrogen) atoms. The van der Waals surface area contributed by atoms with Crippen molar-refractivity contribution in [3.63, 3.8) is 0 Å². The number of hydrogen-bond acceptors (Lipinski definition) is 6. The molecule has 0 radical (unpaired) electrons. The van der Waals surface area contributed by atoms with Crippen molar-refractivity contribution in [2.45, 2.75) is 83.5 Å². The minimum absolute atomic E-state index is 0.218. The fourth-order valence-electron chi connectivity index (χ4n) is 9.81. The van der Waals surface area contributed by atoms with Crippen molar-refractivity contribution in [1.82, 2.24) is 0 Å². The number of allylic oxidation sites excluding steroid dienone is 7. The van der Waals surface area contributed by atoms with Gasteiger partial charge in [0, 0.05) is 58.8 Å². The smallest absolute Gasteiger partial charge is 0.210 e. The quantitative estimate of drug-likeness (QED) is 0.0362. The van der Waals surface area contributed by atoms with Gasteiger partial charge in [0.2, 0.25) is 5.69 Å². The number of anilines is 1. The van der Waals surface area contributed by atoms with Gasteiger partial charge in [0.05, 0.1) is 5.41 Å². The van der Waals surface area contributed by atoms with E-state index in [4.69, 9.17) is 4.74 Å². The molecule has 0 fully saturated rings. The van der Waals surface area contributed by atoms with Crippen LogP contribution in [0.25, 0.3) is 21.5 Å². The Labute approximate surface area is 365 Å². The summed E-state index contributed by atoms with van der Waals surface area (Å²) in [6.45, 7) is 11.3. The second kappa shape index (κ2) is 18.0. The highest BCUT2D eigenvalue weighted by molar-refractivity contribution is 7.93. The minimum atomic E-state index is -0.244. The first-order valence-electron chi connectivity index (χ1n) is 21.6. The number of ether oxygens (including phenoxy) is 1. The third kappa shape index (κ3) is 8.04. The van der Waals surface area contributed by atoms with Crippen LogP contribution in [0.15, 0.2) is 144 Å². The normalized spacial score (nSPS) is 18.4. The number of aldehydes is 1. The highest BCUT2D eigenvalue weighted by Gasteiger charge is 2.45. The zero-order valence-corrected chi connectivity index (χ0v) is 37.1. The third-order valence-electron chi connectivity index (χ3n) is 12.8. The van der Waals surface area contributed by atoms with Crippen molar-refractivity contribution < 1.29 is 18.7 Å². The van der Waals surface area contributed by atoms with E-state index in [-0.39, 0.29) is 10.8 Å². The van der Waals surface area contributed by atoms with Gasteiger partial charge < -0.3 is 14.2 Å². The molecule has 2 aliphatic heterocycles. The second-order valence-corrected chi connectivity index (χ2v) is 18.5. The van der Waals surface area contributed by atoms with Crippen LogP contribution in [0.4, 0.5) is 11.4 Å². The summed E-state index contributed by atoms with van der Waals surface area (Å²) in [5.74, 6) is 3.21. The van der Waals surface area contributed by atoms with Crippen LogP contribution in [0, 0.1) is 0 Å². The minimum Gasteiger partial charge on any atom is -0.457 e. The summed E-state index contributed by atoms with van der Waals surface area (Å²) in [6, 6.07) is 34.1. The lowest BCUT2D eigenvalue weighted by atomic mass is 9.78. The molecule has 1 aliphatic carbocycles. The fourth-order valence-corrected chi connectivity index (χ4v) is 10.4. The predicted molar refractivity (Wildman–Crippen MR) is 257 cm³/mol. The van der Waals surface area contributed by atoms with Crippen molar-refractivity contribution >= 4 is 69.6 Å². The Balaban J connectivity index is 1.24. The SMILES string of the molecule is CC1(C)C(/C=C/C2=C(Oc3ccc(C=O)cc3)C(=C/C=C3/N(CCCCS)c4ccc5ccccc5c4C3(C)C)/CCC2)=[N+](CCCCSO)c2ccc3ccccc3c21. The Hall–Kier alpha value is -4.82. The second-order valence-electron chi connectivity index (χ2n) is 17.3. The molecule has 5 aromatic rings. The van der Waals surface area contributed by atoms with Crippen LogP contribution in [0.5, 0.6) is 5.75 Å². The molecule has 0 bridgehead atoms. The molecule has 0 saturated heterocycles. The first-order valence-corrected chi connectivity index (χ1v) is 23.1. The molecule has 5 nitrogen and oxygen atoms in total. The number of carbonyl (C=O) groups is 1. The number of unbranched alkanes of at least 4 members (excludes halogenated alkanes) is 2. The van der Waals surface area contributed by atoms with Crippen LogP contribution < -0.4 is 9.64 Å². The summed E-state index contributed by atoms with van der Waals surface area (Å²) < 4.78 is 18.9. The molecule has 0 aromatic heterocycles. The first-order chi connectivity index (χ1) is 29.2. The van der Waals surface area contributed by atoms with Gasteiger partial charge in [-0.1, -0.05) is 74.5 Å². The van der Waals surface area contributed by atoms with Gasteiger partial charge >= 0.3 is 0 Å². The zero-order valence-electron chi connectivity index (χ0n) is 35.4. The Morgan fingerprint density at radius 2 is 1.50 bits per heavy atom. The van der Waals surface area contributed by atoms with Gasteiger partial charge in [-0.2, -0.15) is 17.2 Å². The summed E-state index contributed by atoms with van der Waals surface area (Å²) in [5, 5.41) is 5.13. The lowest BCUT2D eigenvalue weighted by molar-refractivity contribution is -0.438. The lowest BCUT2D eigenvalue weighted by Gasteiger charge is -2.28. The molecular weight excluding hydrogens is 777 g/mol. The topological polar surface area (TPSA) is 52.8 Å². The number of fused-ring (bicyclic) bond motifs is 6. The van der Waals surface area contributed by atoms with Crippen LogP contribution >= 0.6 is 24.7 Å². The largest absolute Gasteiger partial charge is 0.457 e. The van der Waals surface area contributed by atoms with E-state index in [1.807, 2.05) is 24.3 Å². The molecule has 0 unspecified atom stereocenters. The average molecular weight is 834 g/mol. The van der Waals surface area contributed by atoms with Gasteiger partial charge in [-0.05, 0) is 157 Å². The van der Waals surface area contributed by atoms with Gasteiger partial charge in [-0.15, -0.1) is 0 Å². The molecule has 0 saturated carbocycles. The van der Waals surface area contributed by atoms with Crippen molar-refractivity contribution in [2.75, 3.05) is 29.5 Å². The molecule has 3 aliphatic rings. The monoisotopic (exact) mass is 833 g/mol. The molecule has 0 atom stereocenters.